The lowest BCUT2D eigenvalue weighted by Gasteiger charge is -2.26. The Morgan fingerprint density at radius 2 is 0.702 bits per heavy atom. The molecule has 0 saturated heterocycles. The molecule has 0 aliphatic rings. The standard InChI is InChI=1S/C52H101NO4/c1-3-5-7-9-11-13-15-17-19-21-22-23-24-25-26-27-28-29-30-31-33-35-37-39-41-43-45-47-51(56)53-49(48-54)52(57)50(55)46-44-42-40-38-36-34-32-20-18-16-14-12-10-8-6-4-2/h25-26,38,40,49-50,52,54-55,57H,3-24,27-37,39,41-48H2,1-2H3,(H,53,56)/b26-25-,40-38+. The second-order valence-corrected chi connectivity index (χ2v) is 17.7. The highest BCUT2D eigenvalue weighted by atomic mass is 16.3. The molecule has 0 saturated carbocycles. The first-order valence-corrected chi connectivity index (χ1v) is 25.6. The van der Waals surface area contributed by atoms with Gasteiger partial charge in [-0.1, -0.05) is 231 Å². The van der Waals surface area contributed by atoms with Gasteiger partial charge in [-0.05, 0) is 64.2 Å². The molecule has 5 heteroatoms. The van der Waals surface area contributed by atoms with Crippen LogP contribution in [0.3, 0.4) is 0 Å². The zero-order valence-electron chi connectivity index (χ0n) is 38.5. The minimum absolute atomic E-state index is 0.152. The van der Waals surface area contributed by atoms with Crippen molar-refractivity contribution < 1.29 is 20.1 Å². The van der Waals surface area contributed by atoms with Crippen molar-refractivity contribution in [2.24, 2.45) is 0 Å². The first kappa shape index (κ1) is 55.8. The Morgan fingerprint density at radius 3 is 1.02 bits per heavy atom. The van der Waals surface area contributed by atoms with Crippen molar-refractivity contribution in [1.82, 2.24) is 5.32 Å². The maximum absolute atomic E-state index is 12.5. The minimum Gasteiger partial charge on any atom is -0.394 e. The van der Waals surface area contributed by atoms with Gasteiger partial charge in [0.2, 0.25) is 5.91 Å². The number of allylic oxidation sites excluding steroid dienone is 4. The highest BCUT2D eigenvalue weighted by Crippen LogP contribution is 2.16. The average molecular weight is 804 g/mol. The zero-order valence-corrected chi connectivity index (χ0v) is 38.5. The van der Waals surface area contributed by atoms with E-state index in [0.717, 1.165) is 38.5 Å². The highest BCUT2D eigenvalue weighted by molar-refractivity contribution is 5.76. The molecular weight excluding hydrogens is 703 g/mol. The number of nitrogens with one attached hydrogen (secondary N) is 1. The van der Waals surface area contributed by atoms with Crippen molar-refractivity contribution >= 4 is 5.91 Å². The molecule has 3 atom stereocenters. The third-order valence-corrected chi connectivity index (χ3v) is 12.0. The van der Waals surface area contributed by atoms with Crippen LogP contribution in [0.1, 0.15) is 277 Å². The fraction of sp³-hybridized carbons (Fsp3) is 0.904. The van der Waals surface area contributed by atoms with Crippen LogP contribution in [0.5, 0.6) is 0 Å². The molecule has 0 aromatic rings. The molecule has 0 heterocycles. The summed E-state index contributed by atoms with van der Waals surface area (Å²) in [6, 6.07) is -0.825. The molecule has 0 aromatic carbocycles. The fourth-order valence-electron chi connectivity index (χ4n) is 8.04. The smallest absolute Gasteiger partial charge is 0.220 e. The molecule has 0 aliphatic carbocycles. The van der Waals surface area contributed by atoms with Gasteiger partial charge in [0.25, 0.3) is 0 Å². The van der Waals surface area contributed by atoms with Gasteiger partial charge in [0.05, 0.1) is 18.8 Å². The molecule has 0 radical (unpaired) electrons. The quantitative estimate of drug-likeness (QED) is 0.0364. The molecule has 0 aromatic heterocycles. The Kier molecular flexibility index (Phi) is 46.5. The third kappa shape index (κ3) is 42.8. The summed E-state index contributed by atoms with van der Waals surface area (Å²) in [7, 11) is 0. The summed E-state index contributed by atoms with van der Waals surface area (Å²) in [5, 5.41) is 33.6. The number of rotatable bonds is 47. The number of carbonyl (C=O) groups is 1. The van der Waals surface area contributed by atoms with Crippen LogP contribution in [0.25, 0.3) is 0 Å². The van der Waals surface area contributed by atoms with Crippen LogP contribution in [-0.4, -0.2) is 46.1 Å². The predicted octanol–water partition coefficient (Wildman–Crippen LogP) is 15.3. The van der Waals surface area contributed by atoms with E-state index >= 15 is 0 Å². The van der Waals surface area contributed by atoms with Crippen LogP contribution in [-0.2, 0) is 4.79 Å². The van der Waals surface area contributed by atoms with E-state index in [4.69, 9.17) is 0 Å². The number of unbranched alkanes of at least 4 members (excludes halogenated alkanes) is 35. The number of carbonyl (C=O) groups excluding carboxylic acids is 1. The van der Waals surface area contributed by atoms with E-state index in [1.807, 2.05) is 0 Å². The van der Waals surface area contributed by atoms with E-state index < -0.39 is 18.2 Å². The van der Waals surface area contributed by atoms with E-state index in [0.29, 0.717) is 12.8 Å². The van der Waals surface area contributed by atoms with Gasteiger partial charge >= 0.3 is 0 Å². The Bertz CT molecular complexity index is 844. The van der Waals surface area contributed by atoms with Crippen molar-refractivity contribution in [2.75, 3.05) is 6.61 Å². The van der Waals surface area contributed by atoms with Gasteiger partial charge in [-0.25, -0.2) is 0 Å². The first-order valence-electron chi connectivity index (χ1n) is 25.6. The van der Waals surface area contributed by atoms with Gasteiger partial charge in [-0.2, -0.15) is 0 Å². The SMILES string of the molecule is CCCCCCCCCCCCC/C=C/CCCC(O)C(O)C(CO)NC(=O)CCCCCCCCCCCCC/C=C\CCCCCCCCCCCCCC. The van der Waals surface area contributed by atoms with E-state index in [9.17, 15) is 20.1 Å². The normalized spacial score (nSPS) is 13.6. The van der Waals surface area contributed by atoms with Gasteiger partial charge in [-0.15, -0.1) is 0 Å². The molecule has 0 bridgehead atoms. The Morgan fingerprint density at radius 1 is 0.421 bits per heavy atom. The zero-order chi connectivity index (χ0) is 41.5. The maximum Gasteiger partial charge on any atom is 0.220 e. The molecule has 0 aliphatic heterocycles. The van der Waals surface area contributed by atoms with Crippen LogP contribution < -0.4 is 5.32 Å². The Hall–Kier alpha value is -1.17. The van der Waals surface area contributed by atoms with Crippen molar-refractivity contribution in [2.45, 2.75) is 295 Å². The van der Waals surface area contributed by atoms with E-state index in [1.54, 1.807) is 0 Å². The van der Waals surface area contributed by atoms with Crippen LogP contribution in [0, 0.1) is 0 Å². The van der Waals surface area contributed by atoms with Crippen LogP contribution in [0.15, 0.2) is 24.3 Å². The average Bonchev–Trinajstić information content (AvgIpc) is 3.22. The molecule has 4 N–H and O–H groups in total. The molecule has 0 rings (SSSR count). The van der Waals surface area contributed by atoms with Crippen LogP contribution >= 0.6 is 0 Å². The summed E-state index contributed by atoms with van der Waals surface area (Å²) < 4.78 is 0. The van der Waals surface area contributed by atoms with Crippen molar-refractivity contribution in [3.05, 3.63) is 24.3 Å². The number of aliphatic hydroxyl groups excluding tert-OH is 3. The lowest BCUT2D eigenvalue weighted by Crippen LogP contribution is -2.50. The first-order chi connectivity index (χ1) is 28.1. The van der Waals surface area contributed by atoms with Gasteiger partial charge in [0.1, 0.15) is 6.10 Å². The van der Waals surface area contributed by atoms with Gasteiger partial charge in [0.15, 0.2) is 0 Å². The molecular formula is C52H101NO4. The summed E-state index contributed by atoms with van der Waals surface area (Å²) in [4.78, 5) is 12.5. The molecule has 0 spiro atoms. The van der Waals surface area contributed by atoms with E-state index in [2.05, 4.69) is 43.5 Å². The summed E-state index contributed by atoms with van der Waals surface area (Å²) in [6.45, 7) is 4.19. The molecule has 0 fully saturated rings. The van der Waals surface area contributed by atoms with Crippen molar-refractivity contribution in [1.29, 1.82) is 0 Å². The second-order valence-electron chi connectivity index (χ2n) is 17.7. The molecule has 3 unspecified atom stereocenters. The summed E-state index contributed by atoms with van der Waals surface area (Å²) in [5.74, 6) is -0.152. The summed E-state index contributed by atoms with van der Waals surface area (Å²) in [6.07, 6.45) is 58.9. The highest BCUT2D eigenvalue weighted by Gasteiger charge is 2.26. The van der Waals surface area contributed by atoms with Crippen LogP contribution in [0.4, 0.5) is 0 Å². The summed E-state index contributed by atoms with van der Waals surface area (Å²) >= 11 is 0. The number of aliphatic hydroxyl groups is 3. The van der Waals surface area contributed by atoms with Crippen molar-refractivity contribution in [3.63, 3.8) is 0 Å². The van der Waals surface area contributed by atoms with E-state index in [1.165, 1.54) is 212 Å². The van der Waals surface area contributed by atoms with Crippen molar-refractivity contribution in [3.8, 4) is 0 Å². The van der Waals surface area contributed by atoms with Gasteiger partial charge in [0, 0.05) is 6.42 Å². The van der Waals surface area contributed by atoms with Gasteiger partial charge < -0.3 is 20.6 Å². The lowest BCUT2D eigenvalue weighted by atomic mass is 10.0. The van der Waals surface area contributed by atoms with Crippen LogP contribution in [0.2, 0.25) is 0 Å². The second kappa shape index (κ2) is 47.5. The molecule has 57 heavy (non-hydrogen) atoms. The largest absolute Gasteiger partial charge is 0.394 e. The number of hydrogen-bond donors (Lipinski definition) is 4. The molecule has 5 nitrogen and oxygen atoms in total. The fourth-order valence-corrected chi connectivity index (χ4v) is 8.04. The topological polar surface area (TPSA) is 89.8 Å². The summed E-state index contributed by atoms with van der Waals surface area (Å²) in [5.41, 5.74) is 0. The molecule has 1 amide bonds. The monoisotopic (exact) mass is 804 g/mol. The number of hydrogen-bond acceptors (Lipinski definition) is 4. The maximum atomic E-state index is 12.5. The lowest BCUT2D eigenvalue weighted by molar-refractivity contribution is -0.124. The third-order valence-electron chi connectivity index (χ3n) is 12.0. The number of amides is 1. The van der Waals surface area contributed by atoms with Gasteiger partial charge in [-0.3, -0.25) is 4.79 Å². The Labute approximate surface area is 356 Å². The Balaban J connectivity index is 3.57. The minimum atomic E-state index is -1.16. The molecule has 338 valence electrons. The van der Waals surface area contributed by atoms with E-state index in [-0.39, 0.29) is 12.5 Å². The predicted molar refractivity (Wildman–Crippen MR) is 250 cm³/mol.